The zero-order valence-corrected chi connectivity index (χ0v) is 17.9. The summed E-state index contributed by atoms with van der Waals surface area (Å²) in [7, 11) is -1.39. The molecule has 0 radical (unpaired) electrons. The van der Waals surface area contributed by atoms with Gasteiger partial charge in [-0.3, -0.25) is 4.99 Å². The molecule has 1 saturated heterocycles. The molecule has 0 spiro atoms. The van der Waals surface area contributed by atoms with Crippen LogP contribution in [-0.2, 0) is 10.0 Å². The molecule has 1 unspecified atom stereocenters. The molecule has 7 nitrogen and oxygen atoms in total. The minimum Gasteiger partial charge on any atom is -0.355 e. The van der Waals surface area contributed by atoms with E-state index >= 15 is 0 Å². The van der Waals surface area contributed by atoms with Crippen LogP contribution in [0.15, 0.2) is 4.99 Å². The number of rotatable bonds is 7. The van der Waals surface area contributed by atoms with Gasteiger partial charge in [-0.15, -0.1) is 24.0 Å². The van der Waals surface area contributed by atoms with Gasteiger partial charge in [0, 0.05) is 45.8 Å². The van der Waals surface area contributed by atoms with Gasteiger partial charge in [-0.05, 0) is 25.2 Å². The van der Waals surface area contributed by atoms with E-state index in [9.17, 15) is 8.42 Å². The predicted octanol–water partition coefficient (Wildman–Crippen LogP) is 0.583. The summed E-state index contributed by atoms with van der Waals surface area (Å²) in [6.45, 7) is 4.34. The van der Waals surface area contributed by atoms with Gasteiger partial charge in [0.05, 0.1) is 6.26 Å². The van der Waals surface area contributed by atoms with Crippen molar-refractivity contribution in [3.05, 3.63) is 0 Å². The van der Waals surface area contributed by atoms with Crippen molar-refractivity contribution < 1.29 is 8.42 Å². The zero-order chi connectivity index (χ0) is 16.7. The maximum Gasteiger partial charge on any atom is 0.208 e. The van der Waals surface area contributed by atoms with Crippen molar-refractivity contribution in [2.75, 3.05) is 46.0 Å². The van der Waals surface area contributed by atoms with Crippen molar-refractivity contribution in [1.82, 2.24) is 20.3 Å². The Kier molecular flexibility index (Phi) is 9.83. The second-order valence-electron chi connectivity index (χ2n) is 6.71. The van der Waals surface area contributed by atoms with E-state index in [0.29, 0.717) is 19.1 Å². The molecule has 0 aromatic rings. The van der Waals surface area contributed by atoms with E-state index in [0.717, 1.165) is 37.6 Å². The first-order chi connectivity index (χ1) is 11.0. The van der Waals surface area contributed by atoms with Gasteiger partial charge in [0.25, 0.3) is 0 Å². The predicted molar refractivity (Wildman–Crippen MR) is 110 cm³/mol. The van der Waals surface area contributed by atoms with Crippen LogP contribution in [0.2, 0.25) is 0 Å². The number of aliphatic imine (C=N–C) groups is 1. The van der Waals surface area contributed by atoms with Crippen LogP contribution in [0.25, 0.3) is 0 Å². The Morgan fingerprint density at radius 3 is 2.54 bits per heavy atom. The summed E-state index contributed by atoms with van der Waals surface area (Å²) in [5.74, 6) is 1.64. The lowest BCUT2D eigenvalue weighted by atomic mass is 10.1. The highest BCUT2D eigenvalue weighted by atomic mass is 127. The van der Waals surface area contributed by atoms with Gasteiger partial charge in [0.15, 0.2) is 5.96 Å². The van der Waals surface area contributed by atoms with Crippen LogP contribution in [0.1, 0.15) is 32.1 Å². The molecule has 2 fully saturated rings. The second-order valence-corrected chi connectivity index (χ2v) is 8.54. The number of sulfonamides is 1. The summed E-state index contributed by atoms with van der Waals surface area (Å²) in [4.78, 5) is 6.77. The van der Waals surface area contributed by atoms with Crippen molar-refractivity contribution >= 4 is 40.0 Å². The number of halogens is 1. The molecule has 9 heteroatoms. The maximum atomic E-state index is 11.0. The van der Waals surface area contributed by atoms with Gasteiger partial charge in [-0.1, -0.05) is 12.8 Å². The lowest BCUT2D eigenvalue weighted by Gasteiger charge is -2.21. The summed E-state index contributed by atoms with van der Waals surface area (Å²) in [5.41, 5.74) is 0. The van der Waals surface area contributed by atoms with Gasteiger partial charge in [-0.2, -0.15) is 0 Å². The molecule has 0 amide bonds. The highest BCUT2D eigenvalue weighted by Gasteiger charge is 2.26. The summed E-state index contributed by atoms with van der Waals surface area (Å²) < 4.78 is 24.5. The molecular formula is C15H32IN5O2S. The third-order valence-electron chi connectivity index (χ3n) is 4.61. The van der Waals surface area contributed by atoms with Crippen LogP contribution < -0.4 is 15.4 Å². The molecule has 1 aliphatic carbocycles. The van der Waals surface area contributed by atoms with E-state index in [-0.39, 0.29) is 24.0 Å². The third-order valence-corrected chi connectivity index (χ3v) is 5.34. The molecule has 0 bridgehead atoms. The van der Waals surface area contributed by atoms with Crippen molar-refractivity contribution in [2.45, 2.75) is 38.1 Å². The fourth-order valence-electron chi connectivity index (χ4n) is 3.48. The van der Waals surface area contributed by atoms with E-state index in [1.54, 1.807) is 7.05 Å². The lowest BCUT2D eigenvalue weighted by Crippen LogP contribution is -2.46. The van der Waals surface area contributed by atoms with Crippen LogP contribution in [0.4, 0.5) is 0 Å². The van der Waals surface area contributed by atoms with E-state index in [2.05, 4.69) is 25.2 Å². The Hall–Kier alpha value is -0.130. The molecule has 2 rings (SSSR count). The number of guanidine groups is 1. The molecule has 142 valence electrons. The second kappa shape index (κ2) is 10.8. The van der Waals surface area contributed by atoms with E-state index < -0.39 is 10.0 Å². The zero-order valence-electron chi connectivity index (χ0n) is 14.8. The fourth-order valence-corrected chi connectivity index (χ4v) is 3.95. The Labute approximate surface area is 163 Å². The number of nitrogens with one attached hydrogen (secondary N) is 3. The normalized spacial score (nSPS) is 23.2. The minimum absolute atomic E-state index is 0. The molecule has 0 aromatic heterocycles. The SMILES string of the molecule is CN=C(NCCNS(C)(=O)=O)NC1CCN(CC2CCCC2)C1.I. The summed E-state index contributed by atoms with van der Waals surface area (Å²) in [6.07, 6.45) is 7.89. The Morgan fingerprint density at radius 1 is 1.21 bits per heavy atom. The molecule has 2 aliphatic rings. The smallest absolute Gasteiger partial charge is 0.208 e. The highest BCUT2D eigenvalue weighted by Crippen LogP contribution is 2.26. The molecule has 1 saturated carbocycles. The van der Waals surface area contributed by atoms with Crippen molar-refractivity contribution in [1.29, 1.82) is 0 Å². The van der Waals surface area contributed by atoms with E-state index in [4.69, 9.17) is 0 Å². The average molecular weight is 473 g/mol. The Balaban J connectivity index is 0.00000288. The summed E-state index contributed by atoms with van der Waals surface area (Å²) in [5, 5.41) is 6.59. The molecule has 1 heterocycles. The van der Waals surface area contributed by atoms with Crippen molar-refractivity contribution in [3.63, 3.8) is 0 Å². The molecular weight excluding hydrogens is 441 g/mol. The number of likely N-dealkylation sites (tertiary alicyclic amines) is 1. The summed E-state index contributed by atoms with van der Waals surface area (Å²) >= 11 is 0. The largest absolute Gasteiger partial charge is 0.355 e. The molecule has 3 N–H and O–H groups in total. The van der Waals surface area contributed by atoms with Crippen molar-refractivity contribution in [3.8, 4) is 0 Å². The van der Waals surface area contributed by atoms with Gasteiger partial charge in [-0.25, -0.2) is 13.1 Å². The quantitative estimate of drug-likeness (QED) is 0.218. The topological polar surface area (TPSA) is 85.8 Å². The minimum atomic E-state index is -3.13. The number of nitrogens with zero attached hydrogens (tertiary/aromatic N) is 2. The van der Waals surface area contributed by atoms with Gasteiger partial charge < -0.3 is 15.5 Å². The molecule has 24 heavy (non-hydrogen) atoms. The first-order valence-electron chi connectivity index (χ1n) is 8.60. The highest BCUT2D eigenvalue weighted by molar-refractivity contribution is 14.0. The Morgan fingerprint density at radius 2 is 1.92 bits per heavy atom. The Bertz CT molecular complexity index is 494. The van der Waals surface area contributed by atoms with Crippen molar-refractivity contribution in [2.24, 2.45) is 10.9 Å². The third kappa shape index (κ3) is 8.30. The molecule has 1 atom stereocenters. The van der Waals surface area contributed by atoms with Crippen LogP contribution in [-0.4, -0.2) is 71.3 Å². The first kappa shape index (κ1) is 21.9. The van der Waals surface area contributed by atoms with Crippen LogP contribution in [0, 0.1) is 5.92 Å². The van der Waals surface area contributed by atoms with Gasteiger partial charge in [0.2, 0.25) is 10.0 Å². The summed E-state index contributed by atoms with van der Waals surface area (Å²) in [6, 6.07) is 0.422. The first-order valence-corrected chi connectivity index (χ1v) is 10.5. The molecule has 0 aromatic carbocycles. The maximum absolute atomic E-state index is 11.0. The average Bonchev–Trinajstić information content (AvgIpc) is 3.13. The van der Waals surface area contributed by atoms with Gasteiger partial charge >= 0.3 is 0 Å². The van der Waals surface area contributed by atoms with E-state index in [1.807, 2.05) is 0 Å². The van der Waals surface area contributed by atoms with E-state index in [1.165, 1.54) is 32.2 Å². The number of hydrogen-bond donors (Lipinski definition) is 3. The van der Waals surface area contributed by atoms with Crippen LogP contribution >= 0.6 is 24.0 Å². The number of hydrogen-bond acceptors (Lipinski definition) is 4. The monoisotopic (exact) mass is 473 g/mol. The van der Waals surface area contributed by atoms with Crippen LogP contribution in [0.3, 0.4) is 0 Å². The standard InChI is InChI=1S/C15H31N5O2S.HI/c1-16-15(17-8-9-18-23(2,21)22)19-14-7-10-20(12-14)11-13-5-3-4-6-13;/h13-14,18H,3-12H2,1-2H3,(H2,16,17,19);1H. The fraction of sp³-hybridized carbons (Fsp3) is 0.933. The lowest BCUT2D eigenvalue weighted by molar-refractivity contribution is 0.275. The van der Waals surface area contributed by atoms with Crippen LogP contribution in [0.5, 0.6) is 0 Å². The molecule has 1 aliphatic heterocycles. The van der Waals surface area contributed by atoms with Gasteiger partial charge in [0.1, 0.15) is 0 Å².